The third-order valence-corrected chi connectivity index (χ3v) is 4.49. The molecule has 2 aromatic carbocycles. The maximum atomic E-state index is 12.0. The van der Waals surface area contributed by atoms with Crippen LogP contribution in [-0.2, 0) is 17.6 Å². The fraction of sp³-hybridized carbons (Fsp3) is 0.222. The van der Waals surface area contributed by atoms with Crippen molar-refractivity contribution >= 4 is 27.3 Å². The molecule has 0 bridgehead atoms. The predicted octanol–water partition coefficient (Wildman–Crippen LogP) is 4.43. The van der Waals surface area contributed by atoms with E-state index >= 15 is 0 Å². The molecular formula is C18H17NOS. The largest absolute Gasteiger partial charge is 0.299 e. The second-order valence-electron chi connectivity index (χ2n) is 5.13. The highest BCUT2D eigenvalue weighted by atomic mass is 32.1. The summed E-state index contributed by atoms with van der Waals surface area (Å²) in [6, 6.07) is 18.3. The van der Waals surface area contributed by atoms with Crippen molar-refractivity contribution in [1.82, 2.24) is 4.98 Å². The van der Waals surface area contributed by atoms with E-state index in [1.54, 1.807) is 11.3 Å². The number of thiazole rings is 1. The van der Waals surface area contributed by atoms with Gasteiger partial charge in [0.25, 0.3) is 0 Å². The second kappa shape index (κ2) is 6.64. The maximum Gasteiger partial charge on any atom is 0.139 e. The lowest BCUT2D eigenvalue weighted by Crippen LogP contribution is -2.02. The van der Waals surface area contributed by atoms with Crippen LogP contribution in [0.2, 0.25) is 0 Å². The first kappa shape index (κ1) is 14.0. The summed E-state index contributed by atoms with van der Waals surface area (Å²) < 4.78 is 1.16. The number of rotatable bonds is 6. The third-order valence-electron chi connectivity index (χ3n) is 3.45. The highest BCUT2D eigenvalue weighted by Crippen LogP contribution is 2.22. The fourth-order valence-electron chi connectivity index (χ4n) is 2.39. The van der Waals surface area contributed by atoms with E-state index < -0.39 is 0 Å². The van der Waals surface area contributed by atoms with Crippen LogP contribution >= 0.6 is 11.3 Å². The monoisotopic (exact) mass is 295 g/mol. The second-order valence-corrected chi connectivity index (χ2v) is 6.25. The Kier molecular flexibility index (Phi) is 4.41. The Balaban J connectivity index is 1.52. The summed E-state index contributed by atoms with van der Waals surface area (Å²) in [5.41, 5.74) is 2.29. The molecule has 1 heterocycles. The molecule has 0 saturated heterocycles. The van der Waals surface area contributed by atoms with Gasteiger partial charge in [-0.25, -0.2) is 4.98 Å². The van der Waals surface area contributed by atoms with Crippen molar-refractivity contribution in [2.75, 3.05) is 0 Å². The van der Waals surface area contributed by atoms with Crippen LogP contribution in [0.1, 0.15) is 23.4 Å². The SMILES string of the molecule is O=C(CCCc1ccccc1)Cc1nc2ccccc2s1. The molecule has 3 rings (SSSR count). The minimum atomic E-state index is 0.282. The highest BCUT2D eigenvalue weighted by molar-refractivity contribution is 7.18. The molecule has 1 aromatic heterocycles. The lowest BCUT2D eigenvalue weighted by Gasteiger charge is -2.00. The molecule has 0 spiro atoms. The van der Waals surface area contributed by atoms with Gasteiger partial charge in [-0.2, -0.15) is 0 Å². The Bertz CT molecular complexity index is 700. The van der Waals surface area contributed by atoms with E-state index in [2.05, 4.69) is 23.2 Å². The number of ketones is 1. The number of carbonyl (C=O) groups is 1. The molecule has 0 amide bonds. The van der Waals surface area contributed by atoms with Gasteiger partial charge in [-0.3, -0.25) is 4.79 Å². The van der Waals surface area contributed by atoms with Crippen molar-refractivity contribution in [3.8, 4) is 0 Å². The van der Waals surface area contributed by atoms with E-state index in [0.29, 0.717) is 12.8 Å². The molecule has 0 saturated carbocycles. The van der Waals surface area contributed by atoms with Crippen LogP contribution in [-0.4, -0.2) is 10.8 Å². The Hall–Kier alpha value is -2.00. The Morgan fingerprint density at radius 1 is 1.00 bits per heavy atom. The van der Waals surface area contributed by atoms with Crippen LogP contribution in [0.5, 0.6) is 0 Å². The zero-order valence-electron chi connectivity index (χ0n) is 11.8. The van der Waals surface area contributed by atoms with Crippen molar-refractivity contribution in [1.29, 1.82) is 0 Å². The number of nitrogens with zero attached hydrogens (tertiary/aromatic N) is 1. The summed E-state index contributed by atoms with van der Waals surface area (Å²) in [7, 11) is 0. The van der Waals surface area contributed by atoms with Crippen LogP contribution < -0.4 is 0 Å². The maximum absolute atomic E-state index is 12.0. The number of carbonyl (C=O) groups excluding carboxylic acids is 1. The number of Topliss-reactive ketones (excluding diaryl/α,β-unsaturated/α-hetero) is 1. The molecule has 3 aromatic rings. The molecule has 2 nitrogen and oxygen atoms in total. The molecule has 0 fully saturated rings. The number of hydrogen-bond donors (Lipinski definition) is 0. The molecule has 0 aliphatic heterocycles. The first-order valence-corrected chi connectivity index (χ1v) is 8.03. The molecule has 0 atom stereocenters. The molecule has 0 unspecified atom stereocenters. The quantitative estimate of drug-likeness (QED) is 0.673. The molecule has 0 aliphatic carbocycles. The Morgan fingerprint density at radius 2 is 1.76 bits per heavy atom. The number of fused-ring (bicyclic) bond motifs is 1. The molecule has 21 heavy (non-hydrogen) atoms. The average Bonchev–Trinajstić information content (AvgIpc) is 2.90. The van der Waals surface area contributed by atoms with Gasteiger partial charge in [-0.05, 0) is 30.5 Å². The number of aryl methyl sites for hydroxylation is 1. The van der Waals surface area contributed by atoms with Crippen LogP contribution in [0, 0.1) is 0 Å². The minimum absolute atomic E-state index is 0.282. The summed E-state index contributed by atoms with van der Waals surface area (Å²) in [5, 5.41) is 0.931. The van der Waals surface area contributed by atoms with Gasteiger partial charge in [0, 0.05) is 6.42 Å². The molecule has 0 radical (unpaired) electrons. The van der Waals surface area contributed by atoms with E-state index in [1.165, 1.54) is 5.56 Å². The summed E-state index contributed by atoms with van der Waals surface area (Å²) in [5.74, 6) is 0.282. The lowest BCUT2D eigenvalue weighted by molar-refractivity contribution is -0.118. The van der Waals surface area contributed by atoms with Gasteiger partial charge in [0.15, 0.2) is 0 Å². The smallest absolute Gasteiger partial charge is 0.139 e. The summed E-state index contributed by atoms with van der Waals surface area (Å²) in [6.07, 6.45) is 2.97. The Morgan fingerprint density at radius 3 is 2.57 bits per heavy atom. The van der Waals surface area contributed by atoms with E-state index in [-0.39, 0.29) is 5.78 Å². The normalized spacial score (nSPS) is 10.9. The first-order valence-electron chi connectivity index (χ1n) is 7.21. The van der Waals surface area contributed by atoms with Crippen LogP contribution in [0.15, 0.2) is 54.6 Å². The molecule has 3 heteroatoms. The highest BCUT2D eigenvalue weighted by Gasteiger charge is 2.08. The molecule has 0 N–H and O–H groups in total. The zero-order chi connectivity index (χ0) is 14.5. The Labute approximate surface area is 128 Å². The van der Waals surface area contributed by atoms with Crippen LogP contribution in [0.3, 0.4) is 0 Å². The van der Waals surface area contributed by atoms with E-state index in [4.69, 9.17) is 0 Å². The van der Waals surface area contributed by atoms with Crippen molar-refractivity contribution in [3.63, 3.8) is 0 Å². The molecule has 0 aliphatic rings. The van der Waals surface area contributed by atoms with E-state index in [0.717, 1.165) is 28.1 Å². The average molecular weight is 295 g/mol. The minimum Gasteiger partial charge on any atom is -0.299 e. The van der Waals surface area contributed by atoms with Crippen molar-refractivity contribution in [2.45, 2.75) is 25.7 Å². The van der Waals surface area contributed by atoms with E-state index in [9.17, 15) is 4.79 Å². The van der Waals surface area contributed by atoms with Gasteiger partial charge in [-0.1, -0.05) is 42.5 Å². The van der Waals surface area contributed by atoms with Gasteiger partial charge >= 0.3 is 0 Å². The predicted molar refractivity (Wildman–Crippen MR) is 87.7 cm³/mol. The lowest BCUT2D eigenvalue weighted by atomic mass is 10.1. The van der Waals surface area contributed by atoms with Gasteiger partial charge in [0.2, 0.25) is 0 Å². The third kappa shape index (κ3) is 3.76. The number of hydrogen-bond acceptors (Lipinski definition) is 3. The summed E-state index contributed by atoms with van der Waals surface area (Å²) >= 11 is 1.62. The van der Waals surface area contributed by atoms with Crippen molar-refractivity contribution in [2.24, 2.45) is 0 Å². The fourth-order valence-corrected chi connectivity index (χ4v) is 3.38. The summed E-state index contributed by atoms with van der Waals surface area (Å²) in [6.45, 7) is 0. The number of aromatic nitrogens is 1. The van der Waals surface area contributed by atoms with Crippen LogP contribution in [0.25, 0.3) is 10.2 Å². The standard InChI is InChI=1S/C18H17NOS/c20-15(10-6-9-14-7-2-1-3-8-14)13-18-19-16-11-4-5-12-17(16)21-18/h1-5,7-8,11-12H,6,9-10,13H2. The van der Waals surface area contributed by atoms with Gasteiger partial charge < -0.3 is 0 Å². The van der Waals surface area contributed by atoms with Gasteiger partial charge in [0.1, 0.15) is 10.8 Å². The topological polar surface area (TPSA) is 30.0 Å². The van der Waals surface area contributed by atoms with Gasteiger partial charge in [0.05, 0.1) is 16.6 Å². The van der Waals surface area contributed by atoms with Crippen LogP contribution in [0.4, 0.5) is 0 Å². The van der Waals surface area contributed by atoms with Crippen molar-refractivity contribution in [3.05, 3.63) is 65.2 Å². The number of para-hydroxylation sites is 1. The summed E-state index contributed by atoms with van der Waals surface area (Å²) in [4.78, 5) is 16.6. The van der Waals surface area contributed by atoms with E-state index in [1.807, 2.05) is 36.4 Å². The first-order chi connectivity index (χ1) is 10.3. The molecular weight excluding hydrogens is 278 g/mol. The number of benzene rings is 2. The van der Waals surface area contributed by atoms with Gasteiger partial charge in [-0.15, -0.1) is 11.3 Å². The molecule has 106 valence electrons. The van der Waals surface area contributed by atoms with Crippen molar-refractivity contribution < 1.29 is 4.79 Å². The zero-order valence-corrected chi connectivity index (χ0v) is 12.6.